The summed E-state index contributed by atoms with van der Waals surface area (Å²) in [6, 6.07) is 7.52. The standard InChI is InChI=1S/C17H28N2O3/c1-12-6-5-7-16(9-12)22-11-14(3)19-17(21)18-10-13(2)8-15(4)20/h5-7,9,13-15,20H,8,10-11H2,1-4H3,(H2,18,19,21). The van der Waals surface area contributed by atoms with Crippen molar-refractivity contribution < 1.29 is 14.6 Å². The van der Waals surface area contributed by atoms with Crippen molar-refractivity contribution in [2.45, 2.75) is 46.3 Å². The zero-order valence-corrected chi connectivity index (χ0v) is 13.9. The lowest BCUT2D eigenvalue weighted by atomic mass is 10.1. The molecule has 0 heterocycles. The van der Waals surface area contributed by atoms with Crippen LogP contribution >= 0.6 is 0 Å². The molecule has 5 heteroatoms. The van der Waals surface area contributed by atoms with E-state index in [1.54, 1.807) is 6.92 Å². The first-order valence-corrected chi connectivity index (χ1v) is 7.78. The molecule has 3 atom stereocenters. The summed E-state index contributed by atoms with van der Waals surface area (Å²) < 4.78 is 5.65. The number of aliphatic hydroxyl groups excluding tert-OH is 1. The fourth-order valence-corrected chi connectivity index (χ4v) is 2.18. The fourth-order valence-electron chi connectivity index (χ4n) is 2.18. The lowest BCUT2D eigenvalue weighted by molar-refractivity contribution is 0.163. The molecule has 1 aromatic carbocycles. The van der Waals surface area contributed by atoms with Crippen molar-refractivity contribution in [3.8, 4) is 5.75 Å². The molecule has 0 fully saturated rings. The first kappa shape index (κ1) is 18.3. The molecule has 1 rings (SSSR count). The summed E-state index contributed by atoms with van der Waals surface area (Å²) >= 11 is 0. The summed E-state index contributed by atoms with van der Waals surface area (Å²) in [5, 5.41) is 14.9. The van der Waals surface area contributed by atoms with Gasteiger partial charge in [0.2, 0.25) is 0 Å². The monoisotopic (exact) mass is 308 g/mol. The lowest BCUT2D eigenvalue weighted by Crippen LogP contribution is -2.44. The van der Waals surface area contributed by atoms with E-state index in [4.69, 9.17) is 4.74 Å². The molecule has 0 aliphatic heterocycles. The molecule has 0 aliphatic rings. The van der Waals surface area contributed by atoms with E-state index in [0.29, 0.717) is 19.6 Å². The molecule has 2 amide bonds. The summed E-state index contributed by atoms with van der Waals surface area (Å²) in [7, 11) is 0. The molecule has 5 nitrogen and oxygen atoms in total. The Balaban J connectivity index is 2.23. The van der Waals surface area contributed by atoms with Gasteiger partial charge in [-0.3, -0.25) is 0 Å². The Labute approximate surface area is 133 Å². The van der Waals surface area contributed by atoms with Gasteiger partial charge in [-0.1, -0.05) is 19.1 Å². The van der Waals surface area contributed by atoms with Crippen LogP contribution in [-0.2, 0) is 0 Å². The van der Waals surface area contributed by atoms with Gasteiger partial charge in [0.05, 0.1) is 12.1 Å². The molecule has 3 unspecified atom stereocenters. The minimum absolute atomic E-state index is 0.0902. The van der Waals surface area contributed by atoms with Gasteiger partial charge in [0, 0.05) is 6.54 Å². The number of benzene rings is 1. The maximum absolute atomic E-state index is 11.8. The molecule has 0 aliphatic carbocycles. The van der Waals surface area contributed by atoms with Crippen LogP contribution < -0.4 is 15.4 Å². The highest BCUT2D eigenvalue weighted by molar-refractivity contribution is 5.74. The van der Waals surface area contributed by atoms with Crippen molar-refractivity contribution in [3.05, 3.63) is 29.8 Å². The second-order valence-corrected chi connectivity index (χ2v) is 6.07. The summed E-state index contributed by atoms with van der Waals surface area (Å²) in [6.07, 6.45) is 0.327. The lowest BCUT2D eigenvalue weighted by Gasteiger charge is -2.18. The number of carbonyl (C=O) groups excluding carboxylic acids is 1. The molecular weight excluding hydrogens is 280 g/mol. The van der Waals surface area contributed by atoms with Crippen molar-refractivity contribution in [2.24, 2.45) is 5.92 Å². The largest absolute Gasteiger partial charge is 0.491 e. The normalized spacial score (nSPS) is 14.8. The van der Waals surface area contributed by atoms with Crippen molar-refractivity contribution in [1.82, 2.24) is 10.6 Å². The van der Waals surface area contributed by atoms with Crippen LogP contribution in [0.1, 0.15) is 32.8 Å². The average Bonchev–Trinajstić information content (AvgIpc) is 2.42. The van der Waals surface area contributed by atoms with Crippen molar-refractivity contribution in [1.29, 1.82) is 0 Å². The number of nitrogens with one attached hydrogen (secondary N) is 2. The van der Waals surface area contributed by atoms with Gasteiger partial charge in [-0.05, 0) is 50.8 Å². The predicted molar refractivity (Wildman–Crippen MR) is 88.1 cm³/mol. The Bertz CT molecular complexity index is 463. The maximum Gasteiger partial charge on any atom is 0.315 e. The number of amides is 2. The van der Waals surface area contributed by atoms with Crippen LogP contribution in [0.3, 0.4) is 0 Å². The van der Waals surface area contributed by atoms with Crippen molar-refractivity contribution >= 4 is 6.03 Å². The number of urea groups is 1. The fraction of sp³-hybridized carbons (Fsp3) is 0.588. The van der Waals surface area contributed by atoms with Gasteiger partial charge in [-0.25, -0.2) is 4.79 Å². The van der Waals surface area contributed by atoms with E-state index in [2.05, 4.69) is 10.6 Å². The molecule has 0 saturated carbocycles. The van der Waals surface area contributed by atoms with Gasteiger partial charge in [-0.2, -0.15) is 0 Å². The zero-order chi connectivity index (χ0) is 16.5. The van der Waals surface area contributed by atoms with E-state index >= 15 is 0 Å². The SMILES string of the molecule is Cc1cccc(OCC(C)NC(=O)NCC(C)CC(C)O)c1. The minimum Gasteiger partial charge on any atom is -0.491 e. The van der Waals surface area contributed by atoms with E-state index in [9.17, 15) is 9.90 Å². The third kappa shape index (κ3) is 7.88. The first-order chi connectivity index (χ1) is 10.4. The molecule has 0 saturated heterocycles. The number of aliphatic hydroxyl groups is 1. The van der Waals surface area contributed by atoms with Crippen LogP contribution in [0.5, 0.6) is 5.75 Å². The number of aryl methyl sites for hydroxylation is 1. The summed E-state index contributed by atoms with van der Waals surface area (Å²) in [4.78, 5) is 11.8. The molecule has 0 aromatic heterocycles. The van der Waals surface area contributed by atoms with Gasteiger partial charge in [0.25, 0.3) is 0 Å². The Morgan fingerprint density at radius 1 is 1.32 bits per heavy atom. The summed E-state index contributed by atoms with van der Waals surface area (Å²) in [5.41, 5.74) is 1.14. The summed E-state index contributed by atoms with van der Waals surface area (Å²) in [5.74, 6) is 1.05. The Kier molecular flexibility index (Phi) is 7.74. The van der Waals surface area contributed by atoms with E-state index in [0.717, 1.165) is 11.3 Å². The number of hydrogen-bond donors (Lipinski definition) is 3. The van der Waals surface area contributed by atoms with Gasteiger partial charge < -0.3 is 20.5 Å². The highest BCUT2D eigenvalue weighted by Crippen LogP contribution is 2.12. The van der Waals surface area contributed by atoms with Crippen LogP contribution in [0.25, 0.3) is 0 Å². The molecule has 124 valence electrons. The molecule has 0 radical (unpaired) electrons. The highest BCUT2D eigenvalue weighted by atomic mass is 16.5. The molecule has 3 N–H and O–H groups in total. The smallest absolute Gasteiger partial charge is 0.315 e. The quantitative estimate of drug-likeness (QED) is 0.691. The van der Waals surface area contributed by atoms with Crippen LogP contribution in [-0.4, -0.2) is 36.4 Å². The van der Waals surface area contributed by atoms with Crippen LogP contribution in [0, 0.1) is 12.8 Å². The summed E-state index contributed by atoms with van der Waals surface area (Å²) in [6.45, 7) is 8.62. The van der Waals surface area contributed by atoms with Crippen molar-refractivity contribution in [3.63, 3.8) is 0 Å². The topological polar surface area (TPSA) is 70.6 Å². The third-order valence-electron chi connectivity index (χ3n) is 3.22. The highest BCUT2D eigenvalue weighted by Gasteiger charge is 2.10. The zero-order valence-electron chi connectivity index (χ0n) is 13.9. The average molecular weight is 308 g/mol. The van der Waals surface area contributed by atoms with Gasteiger partial charge in [0.15, 0.2) is 0 Å². The molecule has 0 bridgehead atoms. The Hall–Kier alpha value is -1.75. The van der Waals surface area contributed by atoms with Gasteiger partial charge in [0.1, 0.15) is 12.4 Å². The van der Waals surface area contributed by atoms with E-state index < -0.39 is 0 Å². The van der Waals surface area contributed by atoms with E-state index in [1.165, 1.54) is 0 Å². The molecule has 0 spiro atoms. The molecule has 22 heavy (non-hydrogen) atoms. The minimum atomic E-state index is -0.346. The molecular formula is C17H28N2O3. The van der Waals surface area contributed by atoms with Crippen LogP contribution in [0.15, 0.2) is 24.3 Å². The van der Waals surface area contributed by atoms with Crippen LogP contribution in [0.2, 0.25) is 0 Å². The van der Waals surface area contributed by atoms with E-state index in [-0.39, 0.29) is 24.1 Å². The first-order valence-electron chi connectivity index (χ1n) is 7.78. The number of carbonyl (C=O) groups is 1. The Morgan fingerprint density at radius 2 is 2.05 bits per heavy atom. The van der Waals surface area contributed by atoms with Crippen LogP contribution in [0.4, 0.5) is 4.79 Å². The molecule has 1 aromatic rings. The second kappa shape index (κ2) is 9.30. The maximum atomic E-state index is 11.8. The third-order valence-corrected chi connectivity index (χ3v) is 3.22. The number of rotatable bonds is 8. The number of ether oxygens (including phenoxy) is 1. The number of hydrogen-bond acceptors (Lipinski definition) is 3. The predicted octanol–water partition coefficient (Wildman–Crippen LogP) is 2.47. The van der Waals surface area contributed by atoms with E-state index in [1.807, 2.05) is 45.0 Å². The second-order valence-electron chi connectivity index (χ2n) is 6.07. The van der Waals surface area contributed by atoms with Crippen molar-refractivity contribution in [2.75, 3.05) is 13.2 Å². The Morgan fingerprint density at radius 3 is 2.68 bits per heavy atom. The van der Waals surface area contributed by atoms with Gasteiger partial charge >= 0.3 is 6.03 Å². The van der Waals surface area contributed by atoms with Gasteiger partial charge in [-0.15, -0.1) is 0 Å².